The number of hydrogen-bond acceptors (Lipinski definition) is 4. The van der Waals surface area contributed by atoms with Crippen molar-refractivity contribution in [2.45, 2.75) is 70.7 Å². The summed E-state index contributed by atoms with van der Waals surface area (Å²) < 4.78 is 5.78. The molecule has 1 fully saturated rings. The zero-order valence-electron chi connectivity index (χ0n) is 12.5. The first-order valence-electron chi connectivity index (χ1n) is 7.80. The molecule has 0 heterocycles. The van der Waals surface area contributed by atoms with Gasteiger partial charge >= 0.3 is 0 Å². The molecule has 0 aromatic heterocycles. The second kappa shape index (κ2) is 9.70. The maximum atomic E-state index is 9.82. The van der Waals surface area contributed by atoms with Crippen LogP contribution in [0, 0.1) is 5.92 Å². The summed E-state index contributed by atoms with van der Waals surface area (Å²) in [6.07, 6.45) is 5.99. The van der Waals surface area contributed by atoms with Crippen molar-refractivity contribution < 1.29 is 14.9 Å². The van der Waals surface area contributed by atoms with E-state index in [1.165, 1.54) is 12.8 Å². The molecule has 0 aromatic carbocycles. The van der Waals surface area contributed by atoms with Gasteiger partial charge in [-0.2, -0.15) is 0 Å². The van der Waals surface area contributed by atoms with E-state index in [2.05, 4.69) is 12.2 Å². The molecule has 3 N–H and O–H groups in total. The molecule has 0 aliphatic heterocycles. The van der Waals surface area contributed by atoms with Gasteiger partial charge in [-0.25, -0.2) is 0 Å². The lowest BCUT2D eigenvalue weighted by molar-refractivity contribution is -0.0306. The third-order valence-electron chi connectivity index (χ3n) is 3.92. The third-order valence-corrected chi connectivity index (χ3v) is 3.92. The van der Waals surface area contributed by atoms with Crippen LogP contribution in [0.1, 0.15) is 52.4 Å². The molecule has 4 heteroatoms. The third kappa shape index (κ3) is 7.88. The van der Waals surface area contributed by atoms with Gasteiger partial charge < -0.3 is 20.3 Å². The van der Waals surface area contributed by atoms with Crippen molar-refractivity contribution in [3.05, 3.63) is 0 Å². The van der Waals surface area contributed by atoms with Gasteiger partial charge in [0, 0.05) is 6.54 Å². The van der Waals surface area contributed by atoms with Gasteiger partial charge in [0.2, 0.25) is 0 Å². The molecule has 1 aliphatic carbocycles. The average molecular weight is 273 g/mol. The highest BCUT2D eigenvalue weighted by atomic mass is 16.5. The van der Waals surface area contributed by atoms with Gasteiger partial charge in [0.15, 0.2) is 0 Å². The Morgan fingerprint density at radius 3 is 2.74 bits per heavy atom. The molecule has 0 saturated heterocycles. The van der Waals surface area contributed by atoms with Crippen LogP contribution in [0.15, 0.2) is 0 Å². The van der Waals surface area contributed by atoms with Gasteiger partial charge in [0.25, 0.3) is 0 Å². The van der Waals surface area contributed by atoms with Crippen LogP contribution in [0.5, 0.6) is 0 Å². The number of hydrogen-bond donors (Lipinski definition) is 3. The summed E-state index contributed by atoms with van der Waals surface area (Å²) in [4.78, 5) is 0. The highest BCUT2D eigenvalue weighted by Gasteiger charge is 2.20. The molecule has 4 atom stereocenters. The van der Waals surface area contributed by atoms with E-state index in [0.717, 1.165) is 38.1 Å². The Hall–Kier alpha value is -0.160. The molecule has 4 unspecified atom stereocenters. The van der Waals surface area contributed by atoms with Crippen molar-refractivity contribution in [1.29, 1.82) is 0 Å². The number of rotatable bonds is 9. The van der Waals surface area contributed by atoms with Crippen LogP contribution in [0.4, 0.5) is 0 Å². The molecule has 0 spiro atoms. The van der Waals surface area contributed by atoms with E-state index in [1.54, 1.807) is 0 Å². The van der Waals surface area contributed by atoms with Crippen LogP contribution in [-0.2, 0) is 4.74 Å². The van der Waals surface area contributed by atoms with E-state index in [1.807, 2.05) is 6.92 Å². The van der Waals surface area contributed by atoms with Gasteiger partial charge in [-0.05, 0) is 38.1 Å². The molecule has 19 heavy (non-hydrogen) atoms. The molecule has 1 saturated carbocycles. The Bertz CT molecular complexity index is 225. The van der Waals surface area contributed by atoms with Gasteiger partial charge in [0.05, 0.1) is 24.9 Å². The highest BCUT2D eigenvalue weighted by molar-refractivity contribution is 4.71. The maximum Gasteiger partial charge on any atom is 0.0897 e. The molecular weight excluding hydrogens is 242 g/mol. The van der Waals surface area contributed by atoms with Crippen LogP contribution in [0.25, 0.3) is 0 Å². The molecule has 114 valence electrons. The van der Waals surface area contributed by atoms with Crippen LogP contribution in [-0.4, -0.2) is 48.2 Å². The summed E-state index contributed by atoms with van der Waals surface area (Å²) >= 11 is 0. The normalized spacial score (nSPS) is 27.2. The fourth-order valence-electron chi connectivity index (χ4n) is 2.58. The number of aliphatic hydroxyl groups is 2. The Kier molecular flexibility index (Phi) is 8.62. The smallest absolute Gasteiger partial charge is 0.0897 e. The Balaban J connectivity index is 1.99. The van der Waals surface area contributed by atoms with Crippen LogP contribution in [0.3, 0.4) is 0 Å². The first-order valence-corrected chi connectivity index (χ1v) is 7.80. The van der Waals surface area contributed by atoms with E-state index < -0.39 is 6.10 Å². The molecule has 0 amide bonds. The molecule has 1 rings (SSSR count). The predicted molar refractivity (Wildman–Crippen MR) is 77.2 cm³/mol. The SMILES string of the molecule is CCC(O)CCNCC(O)COC1CCCC(C)C1. The molecular formula is C15H31NO3. The number of ether oxygens (including phenoxy) is 1. The van der Waals surface area contributed by atoms with E-state index in [-0.39, 0.29) is 6.10 Å². The Morgan fingerprint density at radius 2 is 2.05 bits per heavy atom. The van der Waals surface area contributed by atoms with Gasteiger partial charge in [-0.15, -0.1) is 0 Å². The summed E-state index contributed by atoms with van der Waals surface area (Å²) in [5.41, 5.74) is 0. The molecule has 0 aromatic rings. The topological polar surface area (TPSA) is 61.7 Å². The van der Waals surface area contributed by atoms with Crippen molar-refractivity contribution in [2.24, 2.45) is 5.92 Å². The first kappa shape index (κ1) is 16.9. The summed E-state index contributed by atoms with van der Waals surface area (Å²) in [7, 11) is 0. The van der Waals surface area contributed by atoms with E-state index in [9.17, 15) is 10.2 Å². The summed E-state index contributed by atoms with van der Waals surface area (Å²) in [6, 6.07) is 0. The summed E-state index contributed by atoms with van der Waals surface area (Å²) in [5, 5.41) is 22.4. The molecule has 4 nitrogen and oxygen atoms in total. The van der Waals surface area contributed by atoms with E-state index in [0.29, 0.717) is 19.3 Å². The Morgan fingerprint density at radius 1 is 1.26 bits per heavy atom. The number of aliphatic hydroxyl groups excluding tert-OH is 2. The number of nitrogens with one attached hydrogen (secondary N) is 1. The van der Waals surface area contributed by atoms with Gasteiger partial charge in [-0.1, -0.05) is 26.7 Å². The Labute approximate surface area is 117 Å². The lowest BCUT2D eigenvalue weighted by atomic mass is 9.89. The second-order valence-electron chi connectivity index (χ2n) is 5.94. The molecule has 0 bridgehead atoms. The van der Waals surface area contributed by atoms with Crippen LogP contribution < -0.4 is 5.32 Å². The fourth-order valence-corrected chi connectivity index (χ4v) is 2.58. The van der Waals surface area contributed by atoms with Gasteiger partial charge in [0.1, 0.15) is 0 Å². The first-order chi connectivity index (χ1) is 9.11. The summed E-state index contributed by atoms with van der Waals surface area (Å²) in [6.45, 7) is 5.94. The highest BCUT2D eigenvalue weighted by Crippen LogP contribution is 2.25. The minimum Gasteiger partial charge on any atom is -0.393 e. The molecule has 0 radical (unpaired) electrons. The van der Waals surface area contributed by atoms with Crippen molar-refractivity contribution in [2.75, 3.05) is 19.7 Å². The van der Waals surface area contributed by atoms with Crippen molar-refractivity contribution in [3.8, 4) is 0 Å². The minimum atomic E-state index is -0.448. The van der Waals surface area contributed by atoms with E-state index in [4.69, 9.17) is 4.74 Å². The van der Waals surface area contributed by atoms with Crippen LogP contribution in [0.2, 0.25) is 0 Å². The lowest BCUT2D eigenvalue weighted by Crippen LogP contribution is -2.34. The van der Waals surface area contributed by atoms with Gasteiger partial charge in [-0.3, -0.25) is 0 Å². The molecule has 1 aliphatic rings. The van der Waals surface area contributed by atoms with E-state index >= 15 is 0 Å². The fraction of sp³-hybridized carbons (Fsp3) is 1.00. The van der Waals surface area contributed by atoms with Crippen molar-refractivity contribution in [1.82, 2.24) is 5.32 Å². The zero-order valence-corrected chi connectivity index (χ0v) is 12.5. The quantitative estimate of drug-likeness (QED) is 0.560. The largest absolute Gasteiger partial charge is 0.393 e. The monoisotopic (exact) mass is 273 g/mol. The van der Waals surface area contributed by atoms with Crippen molar-refractivity contribution in [3.63, 3.8) is 0 Å². The lowest BCUT2D eigenvalue weighted by Gasteiger charge is -2.27. The zero-order chi connectivity index (χ0) is 14.1. The minimum absolute atomic E-state index is 0.232. The maximum absolute atomic E-state index is 9.82. The second-order valence-corrected chi connectivity index (χ2v) is 5.94. The van der Waals surface area contributed by atoms with Crippen molar-refractivity contribution >= 4 is 0 Å². The summed E-state index contributed by atoms with van der Waals surface area (Å²) in [5.74, 6) is 0.754. The average Bonchev–Trinajstić information content (AvgIpc) is 2.41. The standard InChI is InChI=1S/C15H31NO3/c1-3-13(17)7-8-16-10-14(18)11-19-15-6-4-5-12(2)9-15/h12-18H,3-11H2,1-2H3. The predicted octanol–water partition coefficient (Wildman–Crippen LogP) is 1.69. The van der Waals surface area contributed by atoms with Crippen LogP contribution >= 0.6 is 0 Å².